The fraction of sp³-hybridized carbons (Fsp3) is 0.136. The molecule has 1 heterocycles. The predicted molar refractivity (Wildman–Crippen MR) is 101 cm³/mol. The summed E-state index contributed by atoms with van der Waals surface area (Å²) in [6.45, 7) is 0. The predicted octanol–water partition coefficient (Wildman–Crippen LogP) is 4.63. The number of aliphatic hydroxyl groups is 1. The number of carbonyl (C=O) groups excluding carboxylic acids is 1. The number of nitrogens with zero attached hydrogens (tertiary/aromatic N) is 1. The molecule has 0 aromatic heterocycles. The monoisotopic (exact) mass is 328 g/mol. The highest BCUT2D eigenvalue weighted by atomic mass is 16.3. The van der Waals surface area contributed by atoms with Gasteiger partial charge in [0, 0.05) is 16.7 Å². The highest BCUT2D eigenvalue weighted by molar-refractivity contribution is 6.21. The molecular weight excluding hydrogens is 310 g/mol. The zero-order valence-corrected chi connectivity index (χ0v) is 14.2. The molecule has 0 saturated heterocycles. The fourth-order valence-corrected chi connectivity index (χ4v) is 4.56. The van der Waals surface area contributed by atoms with Crippen molar-refractivity contribution in [3.05, 3.63) is 82.9 Å². The summed E-state index contributed by atoms with van der Waals surface area (Å²) in [7, 11) is 4.21. The Balaban J connectivity index is 1.82. The molecule has 0 saturated carbocycles. The van der Waals surface area contributed by atoms with E-state index in [1.807, 2.05) is 24.3 Å². The van der Waals surface area contributed by atoms with E-state index in [1.54, 1.807) is 6.07 Å². The van der Waals surface area contributed by atoms with E-state index in [4.69, 9.17) is 0 Å². The Morgan fingerprint density at radius 3 is 2.28 bits per heavy atom. The van der Waals surface area contributed by atoms with Crippen molar-refractivity contribution in [3.63, 3.8) is 0 Å². The van der Waals surface area contributed by atoms with Crippen molar-refractivity contribution >= 4 is 28.0 Å². The number of hydrogen-bond acceptors (Lipinski definition) is 2. The second kappa shape index (κ2) is 4.58. The van der Waals surface area contributed by atoms with Gasteiger partial charge in [-0.3, -0.25) is 9.28 Å². The second-order valence-electron chi connectivity index (χ2n) is 7.30. The average Bonchev–Trinajstić information content (AvgIpc) is 2.99. The van der Waals surface area contributed by atoms with Gasteiger partial charge in [0.05, 0.1) is 19.5 Å². The number of benzene rings is 3. The molecule has 0 amide bonds. The van der Waals surface area contributed by atoms with Crippen molar-refractivity contribution in [3.8, 4) is 0 Å². The van der Waals surface area contributed by atoms with Crippen LogP contribution in [0.2, 0.25) is 0 Å². The van der Waals surface area contributed by atoms with Gasteiger partial charge in [-0.1, -0.05) is 54.6 Å². The minimum Gasteiger partial charge on any atom is -0.507 e. The van der Waals surface area contributed by atoms with Gasteiger partial charge in [-0.2, -0.15) is 0 Å². The van der Waals surface area contributed by atoms with Crippen molar-refractivity contribution in [1.82, 2.24) is 4.48 Å². The molecule has 1 N–H and O–H groups in total. The van der Waals surface area contributed by atoms with Gasteiger partial charge in [-0.05, 0) is 11.5 Å². The molecule has 122 valence electrons. The molecular formula is C22H18NO2+. The molecule has 3 aromatic carbocycles. The van der Waals surface area contributed by atoms with Crippen LogP contribution in [0.5, 0.6) is 0 Å². The first kappa shape index (κ1) is 14.4. The fourth-order valence-electron chi connectivity index (χ4n) is 4.56. The molecule has 0 radical (unpaired) electrons. The number of likely N-dealkylation sites (N-methyl/N-ethyl adjacent to an activating group) is 1. The van der Waals surface area contributed by atoms with E-state index in [9.17, 15) is 9.90 Å². The van der Waals surface area contributed by atoms with Gasteiger partial charge < -0.3 is 5.11 Å². The Labute approximate surface area is 146 Å². The lowest BCUT2D eigenvalue weighted by Crippen LogP contribution is -2.43. The first-order valence-corrected chi connectivity index (χ1v) is 8.45. The van der Waals surface area contributed by atoms with Crippen LogP contribution in [-0.2, 0) is 0 Å². The number of carbonyl (C=O) groups is 1. The van der Waals surface area contributed by atoms with Crippen LogP contribution in [0.3, 0.4) is 0 Å². The third-order valence-electron chi connectivity index (χ3n) is 5.68. The first-order chi connectivity index (χ1) is 12.0. The van der Waals surface area contributed by atoms with Crippen LogP contribution in [0.25, 0.3) is 16.5 Å². The maximum atomic E-state index is 13.1. The maximum Gasteiger partial charge on any atom is 0.199 e. The zero-order chi connectivity index (χ0) is 17.3. The maximum absolute atomic E-state index is 13.1. The Bertz CT molecular complexity index is 1100. The average molecular weight is 328 g/mol. The van der Waals surface area contributed by atoms with Crippen LogP contribution in [-0.4, -0.2) is 25.0 Å². The summed E-state index contributed by atoms with van der Waals surface area (Å²) in [5.74, 6) is 0.0655. The minimum atomic E-state index is -0.207. The van der Waals surface area contributed by atoms with Gasteiger partial charge in [0.25, 0.3) is 0 Å². The van der Waals surface area contributed by atoms with Crippen molar-refractivity contribution in [1.29, 1.82) is 0 Å². The smallest absolute Gasteiger partial charge is 0.199 e. The molecule has 3 heteroatoms. The third kappa shape index (κ3) is 1.66. The van der Waals surface area contributed by atoms with Gasteiger partial charge in [0.15, 0.2) is 11.8 Å². The molecule has 3 nitrogen and oxygen atoms in total. The van der Waals surface area contributed by atoms with E-state index in [1.165, 1.54) is 16.5 Å². The Morgan fingerprint density at radius 2 is 1.56 bits per heavy atom. The number of fused-ring (bicyclic) bond motifs is 1. The van der Waals surface area contributed by atoms with Crippen molar-refractivity contribution < 1.29 is 9.90 Å². The Kier molecular flexibility index (Phi) is 2.65. The number of ketones is 1. The number of aliphatic hydroxyl groups excluding tert-OH is 1. The third-order valence-corrected chi connectivity index (χ3v) is 5.68. The molecule has 25 heavy (non-hydrogen) atoms. The van der Waals surface area contributed by atoms with Crippen LogP contribution in [0.1, 0.15) is 27.5 Å². The summed E-state index contributed by atoms with van der Waals surface area (Å²) >= 11 is 0. The van der Waals surface area contributed by atoms with Crippen molar-refractivity contribution in [2.24, 2.45) is 0 Å². The van der Waals surface area contributed by atoms with Crippen LogP contribution >= 0.6 is 0 Å². The summed E-state index contributed by atoms with van der Waals surface area (Å²) < 4.78 is 0.524. The summed E-state index contributed by atoms with van der Waals surface area (Å²) in [4.78, 5) is 13.1. The summed E-state index contributed by atoms with van der Waals surface area (Å²) in [6, 6.07) is 19.6. The molecule has 0 bridgehead atoms. The SMILES string of the molecule is C[N+]1(C)c2cccc3cccc(c23)[C@H]1C1=C(O)c2ccccc2C1=O. The molecule has 1 atom stereocenters. The largest absolute Gasteiger partial charge is 0.507 e. The minimum absolute atomic E-state index is 0.0610. The second-order valence-corrected chi connectivity index (χ2v) is 7.30. The number of rotatable bonds is 1. The van der Waals surface area contributed by atoms with E-state index in [2.05, 4.69) is 44.4 Å². The molecule has 3 aromatic rings. The van der Waals surface area contributed by atoms with E-state index in [0.717, 1.165) is 5.56 Å². The zero-order valence-electron chi connectivity index (χ0n) is 14.2. The van der Waals surface area contributed by atoms with E-state index < -0.39 is 0 Å². The Hall–Kier alpha value is -2.91. The molecule has 5 rings (SSSR count). The highest BCUT2D eigenvalue weighted by Crippen LogP contribution is 2.53. The van der Waals surface area contributed by atoms with Gasteiger partial charge in [0.1, 0.15) is 17.0 Å². The Morgan fingerprint density at radius 1 is 0.880 bits per heavy atom. The van der Waals surface area contributed by atoms with Gasteiger partial charge >= 0.3 is 0 Å². The lowest BCUT2D eigenvalue weighted by Gasteiger charge is -2.33. The van der Waals surface area contributed by atoms with Crippen LogP contribution in [0, 0.1) is 0 Å². The summed E-state index contributed by atoms with van der Waals surface area (Å²) in [5, 5.41) is 13.3. The highest BCUT2D eigenvalue weighted by Gasteiger charge is 2.49. The topological polar surface area (TPSA) is 37.3 Å². The number of Topliss-reactive ketones (excluding diaryl/α,β-unsaturated/α-hetero) is 1. The van der Waals surface area contributed by atoms with E-state index >= 15 is 0 Å². The van der Waals surface area contributed by atoms with Crippen LogP contribution in [0.4, 0.5) is 5.69 Å². The van der Waals surface area contributed by atoms with Gasteiger partial charge in [-0.15, -0.1) is 0 Å². The molecule has 1 aliphatic carbocycles. The van der Waals surface area contributed by atoms with Crippen LogP contribution in [0.15, 0.2) is 66.2 Å². The van der Waals surface area contributed by atoms with Crippen molar-refractivity contribution in [2.75, 3.05) is 14.1 Å². The molecule has 0 spiro atoms. The lowest BCUT2D eigenvalue weighted by atomic mass is 9.94. The summed E-state index contributed by atoms with van der Waals surface area (Å²) in [5.41, 5.74) is 4.04. The van der Waals surface area contributed by atoms with E-state index in [-0.39, 0.29) is 17.6 Å². The van der Waals surface area contributed by atoms with E-state index in [0.29, 0.717) is 21.2 Å². The molecule has 0 fully saturated rings. The van der Waals surface area contributed by atoms with Crippen LogP contribution < -0.4 is 4.48 Å². The summed E-state index contributed by atoms with van der Waals surface area (Å²) in [6.07, 6.45) is 0. The molecule has 2 aliphatic rings. The van der Waals surface area contributed by atoms with Gasteiger partial charge in [0.2, 0.25) is 0 Å². The quantitative estimate of drug-likeness (QED) is 0.662. The van der Waals surface area contributed by atoms with Gasteiger partial charge in [-0.25, -0.2) is 0 Å². The number of quaternary nitrogens is 1. The van der Waals surface area contributed by atoms with Crippen molar-refractivity contribution in [2.45, 2.75) is 6.04 Å². The molecule has 0 unspecified atom stereocenters. The molecule has 1 aliphatic heterocycles. The number of hydrogen-bond donors (Lipinski definition) is 1. The lowest BCUT2D eigenvalue weighted by molar-refractivity contribution is 0.102. The normalized spacial score (nSPS) is 20.4. The first-order valence-electron chi connectivity index (χ1n) is 8.45. The standard InChI is InChI=1S/C22H17NO2/c1-23(2)17-12-6-8-13-7-5-11-16(18(13)17)20(23)19-21(24)14-9-3-4-10-15(14)22(19)25/h3-12,20H,1-2H3/p+1/t20-/m0/s1.